The standard InChI is InChI=1S/C12H15F2NO3/c1-2-18-12(16)7-17-6-11(15)8-3-4-9(13)10(14)5-8/h3-5,11H,2,6-7,15H2,1H3. The number of rotatable bonds is 6. The number of ether oxygens (including phenoxy) is 2. The second-order valence-corrected chi connectivity index (χ2v) is 3.60. The zero-order valence-corrected chi connectivity index (χ0v) is 9.99. The molecule has 0 heterocycles. The fourth-order valence-electron chi connectivity index (χ4n) is 1.31. The van der Waals surface area contributed by atoms with E-state index in [0.29, 0.717) is 5.56 Å². The van der Waals surface area contributed by atoms with Gasteiger partial charge in [0.05, 0.1) is 19.3 Å². The Morgan fingerprint density at radius 2 is 2.11 bits per heavy atom. The van der Waals surface area contributed by atoms with Crippen LogP contribution in [0.3, 0.4) is 0 Å². The van der Waals surface area contributed by atoms with Gasteiger partial charge in [0, 0.05) is 0 Å². The maximum absolute atomic E-state index is 12.9. The molecule has 0 spiro atoms. The zero-order valence-electron chi connectivity index (χ0n) is 9.99. The molecule has 2 N–H and O–H groups in total. The number of hydrogen-bond acceptors (Lipinski definition) is 4. The highest BCUT2D eigenvalue weighted by atomic mass is 19.2. The van der Waals surface area contributed by atoms with Gasteiger partial charge in [-0.15, -0.1) is 0 Å². The van der Waals surface area contributed by atoms with Crippen LogP contribution in [-0.2, 0) is 14.3 Å². The quantitative estimate of drug-likeness (QED) is 0.787. The summed E-state index contributed by atoms with van der Waals surface area (Å²) in [7, 11) is 0. The molecular formula is C12H15F2NO3. The average Bonchev–Trinajstić information content (AvgIpc) is 2.33. The van der Waals surface area contributed by atoms with Crippen LogP contribution in [0.15, 0.2) is 18.2 Å². The van der Waals surface area contributed by atoms with Crippen molar-refractivity contribution in [1.29, 1.82) is 0 Å². The molecule has 4 nitrogen and oxygen atoms in total. The molecule has 1 unspecified atom stereocenters. The number of carbonyl (C=O) groups excluding carboxylic acids is 1. The first-order valence-electron chi connectivity index (χ1n) is 5.48. The van der Waals surface area contributed by atoms with Crippen molar-refractivity contribution in [2.75, 3.05) is 19.8 Å². The molecule has 0 saturated heterocycles. The van der Waals surface area contributed by atoms with E-state index in [2.05, 4.69) is 4.74 Å². The van der Waals surface area contributed by atoms with E-state index in [1.165, 1.54) is 6.07 Å². The van der Waals surface area contributed by atoms with Gasteiger partial charge in [0.15, 0.2) is 11.6 Å². The molecule has 0 aliphatic heterocycles. The predicted octanol–water partition coefficient (Wildman–Crippen LogP) is 1.54. The molecule has 0 aliphatic rings. The Morgan fingerprint density at radius 1 is 1.39 bits per heavy atom. The van der Waals surface area contributed by atoms with Gasteiger partial charge in [0.1, 0.15) is 6.61 Å². The molecule has 1 rings (SSSR count). The molecular weight excluding hydrogens is 244 g/mol. The van der Waals surface area contributed by atoms with Crippen LogP contribution in [0.25, 0.3) is 0 Å². The Kier molecular flexibility index (Phi) is 5.67. The van der Waals surface area contributed by atoms with Crippen LogP contribution < -0.4 is 5.73 Å². The van der Waals surface area contributed by atoms with Crippen molar-refractivity contribution in [3.05, 3.63) is 35.4 Å². The van der Waals surface area contributed by atoms with Crippen LogP contribution in [0, 0.1) is 11.6 Å². The van der Waals surface area contributed by atoms with E-state index >= 15 is 0 Å². The number of benzene rings is 1. The van der Waals surface area contributed by atoms with Gasteiger partial charge in [0.2, 0.25) is 0 Å². The van der Waals surface area contributed by atoms with Crippen LogP contribution in [-0.4, -0.2) is 25.8 Å². The van der Waals surface area contributed by atoms with Gasteiger partial charge < -0.3 is 15.2 Å². The summed E-state index contributed by atoms with van der Waals surface area (Å²) < 4.78 is 35.3. The topological polar surface area (TPSA) is 61.5 Å². The Balaban J connectivity index is 2.43. The molecule has 100 valence electrons. The van der Waals surface area contributed by atoms with Gasteiger partial charge >= 0.3 is 5.97 Å². The molecule has 0 saturated carbocycles. The first-order valence-corrected chi connectivity index (χ1v) is 5.48. The number of hydrogen-bond donors (Lipinski definition) is 1. The summed E-state index contributed by atoms with van der Waals surface area (Å²) in [6, 6.07) is 2.75. The Labute approximate surface area is 104 Å². The van der Waals surface area contributed by atoms with Crippen LogP contribution in [0.4, 0.5) is 8.78 Å². The third-order valence-electron chi connectivity index (χ3n) is 2.19. The minimum Gasteiger partial charge on any atom is -0.464 e. The lowest BCUT2D eigenvalue weighted by atomic mass is 10.1. The van der Waals surface area contributed by atoms with E-state index in [4.69, 9.17) is 10.5 Å². The summed E-state index contributed by atoms with van der Waals surface area (Å²) in [6.07, 6.45) is 0. The van der Waals surface area contributed by atoms with Crippen molar-refractivity contribution in [2.24, 2.45) is 5.73 Å². The first-order chi connectivity index (χ1) is 8.54. The van der Waals surface area contributed by atoms with Crippen LogP contribution in [0.2, 0.25) is 0 Å². The number of carbonyl (C=O) groups is 1. The molecule has 0 aromatic heterocycles. The molecule has 0 amide bonds. The van der Waals surface area contributed by atoms with E-state index < -0.39 is 23.6 Å². The lowest BCUT2D eigenvalue weighted by Gasteiger charge is -2.12. The van der Waals surface area contributed by atoms with Crippen molar-refractivity contribution in [3.63, 3.8) is 0 Å². The largest absolute Gasteiger partial charge is 0.464 e. The third-order valence-corrected chi connectivity index (χ3v) is 2.19. The lowest BCUT2D eigenvalue weighted by Crippen LogP contribution is -2.21. The summed E-state index contributed by atoms with van der Waals surface area (Å²) in [5.41, 5.74) is 6.11. The monoisotopic (exact) mass is 259 g/mol. The Hall–Kier alpha value is -1.53. The average molecular weight is 259 g/mol. The summed E-state index contributed by atoms with van der Waals surface area (Å²) in [5, 5.41) is 0. The van der Waals surface area contributed by atoms with Gasteiger partial charge in [-0.25, -0.2) is 13.6 Å². The lowest BCUT2D eigenvalue weighted by molar-refractivity contribution is -0.148. The zero-order chi connectivity index (χ0) is 13.5. The highest BCUT2D eigenvalue weighted by Gasteiger charge is 2.11. The molecule has 0 bridgehead atoms. The summed E-state index contributed by atoms with van der Waals surface area (Å²) in [6.45, 7) is 1.76. The van der Waals surface area contributed by atoms with Gasteiger partial charge in [-0.1, -0.05) is 6.07 Å². The molecule has 6 heteroatoms. The van der Waals surface area contributed by atoms with Gasteiger partial charge in [-0.05, 0) is 24.6 Å². The predicted molar refractivity (Wildman–Crippen MR) is 60.7 cm³/mol. The number of halogens is 2. The van der Waals surface area contributed by atoms with Crippen molar-refractivity contribution >= 4 is 5.97 Å². The molecule has 0 radical (unpaired) electrons. The molecule has 0 aliphatic carbocycles. The van der Waals surface area contributed by atoms with E-state index in [1.54, 1.807) is 6.92 Å². The van der Waals surface area contributed by atoms with Crippen molar-refractivity contribution in [3.8, 4) is 0 Å². The second kappa shape index (κ2) is 7.03. The van der Waals surface area contributed by atoms with E-state index in [-0.39, 0.29) is 19.8 Å². The van der Waals surface area contributed by atoms with Crippen molar-refractivity contribution < 1.29 is 23.0 Å². The normalized spacial score (nSPS) is 12.2. The number of nitrogens with two attached hydrogens (primary N) is 1. The Morgan fingerprint density at radius 3 is 2.72 bits per heavy atom. The minimum atomic E-state index is -0.964. The SMILES string of the molecule is CCOC(=O)COCC(N)c1ccc(F)c(F)c1. The molecule has 0 fully saturated rings. The van der Waals surface area contributed by atoms with Crippen molar-refractivity contribution in [2.45, 2.75) is 13.0 Å². The van der Waals surface area contributed by atoms with Crippen LogP contribution >= 0.6 is 0 Å². The van der Waals surface area contributed by atoms with Crippen molar-refractivity contribution in [1.82, 2.24) is 0 Å². The fraction of sp³-hybridized carbons (Fsp3) is 0.417. The van der Waals surface area contributed by atoms with Gasteiger partial charge in [-0.3, -0.25) is 0 Å². The maximum atomic E-state index is 12.9. The molecule has 1 aromatic rings. The van der Waals surface area contributed by atoms with Gasteiger partial charge in [-0.2, -0.15) is 0 Å². The summed E-state index contributed by atoms with van der Waals surface area (Å²) in [5.74, 6) is -2.39. The number of esters is 1. The fourth-order valence-corrected chi connectivity index (χ4v) is 1.31. The van der Waals surface area contributed by atoms with E-state index in [1.807, 2.05) is 0 Å². The van der Waals surface area contributed by atoms with Crippen LogP contribution in [0.1, 0.15) is 18.5 Å². The Bertz CT molecular complexity index is 412. The first kappa shape index (κ1) is 14.5. The summed E-state index contributed by atoms with van der Waals surface area (Å²) >= 11 is 0. The highest BCUT2D eigenvalue weighted by molar-refractivity contribution is 5.70. The minimum absolute atomic E-state index is 0.0177. The maximum Gasteiger partial charge on any atom is 0.332 e. The second-order valence-electron chi connectivity index (χ2n) is 3.60. The third kappa shape index (κ3) is 4.38. The summed E-state index contributed by atoms with van der Waals surface area (Å²) in [4.78, 5) is 11.0. The molecule has 18 heavy (non-hydrogen) atoms. The molecule has 1 atom stereocenters. The van der Waals surface area contributed by atoms with Crippen LogP contribution in [0.5, 0.6) is 0 Å². The smallest absolute Gasteiger partial charge is 0.332 e. The van der Waals surface area contributed by atoms with E-state index in [0.717, 1.165) is 12.1 Å². The van der Waals surface area contributed by atoms with E-state index in [9.17, 15) is 13.6 Å². The molecule has 1 aromatic carbocycles. The van der Waals surface area contributed by atoms with Gasteiger partial charge in [0.25, 0.3) is 0 Å². The highest BCUT2D eigenvalue weighted by Crippen LogP contribution is 2.14.